The molecule has 7 heteroatoms. The lowest BCUT2D eigenvalue weighted by Gasteiger charge is -2.42. The second-order valence-electron chi connectivity index (χ2n) is 5.65. The summed E-state index contributed by atoms with van der Waals surface area (Å²) < 4.78 is 32.9. The Morgan fingerprint density at radius 3 is 2.92 bits per heavy atom. The first-order chi connectivity index (χ1) is 11.6. The molecule has 2 aromatic carbocycles. The lowest BCUT2D eigenvalue weighted by molar-refractivity contribution is -0.249. The molecule has 0 bridgehead atoms. The van der Waals surface area contributed by atoms with Gasteiger partial charge < -0.3 is 9.47 Å². The molecule has 2 aliphatic rings. The first-order valence-corrected chi connectivity index (χ1v) is 8.54. The summed E-state index contributed by atoms with van der Waals surface area (Å²) in [6.07, 6.45) is 1.41. The van der Waals surface area contributed by atoms with Gasteiger partial charge in [0, 0.05) is 30.3 Å². The van der Waals surface area contributed by atoms with E-state index in [1.807, 2.05) is 34.8 Å². The third-order valence-corrected chi connectivity index (χ3v) is 5.03. The maximum Gasteiger partial charge on any atom is 0.239 e. The maximum atomic E-state index is 14.5. The van der Waals surface area contributed by atoms with Gasteiger partial charge in [0.2, 0.25) is 5.79 Å². The lowest BCUT2D eigenvalue weighted by atomic mass is 10.0. The fourth-order valence-corrected chi connectivity index (χ4v) is 3.65. The molecule has 0 aliphatic carbocycles. The van der Waals surface area contributed by atoms with Gasteiger partial charge in [0.25, 0.3) is 0 Å². The summed E-state index contributed by atoms with van der Waals surface area (Å²) in [6, 6.07) is 12.1. The van der Waals surface area contributed by atoms with Crippen molar-refractivity contribution in [2.45, 2.75) is 18.9 Å². The highest BCUT2D eigenvalue weighted by Gasteiger charge is 2.44. The highest BCUT2D eigenvalue weighted by molar-refractivity contribution is 7.96. The zero-order valence-corrected chi connectivity index (χ0v) is 14.4. The topological polar surface area (TPSA) is 34.1 Å². The van der Waals surface area contributed by atoms with Crippen LogP contribution in [0.1, 0.15) is 24.3 Å². The average molecular weight is 365 g/mol. The first-order valence-electron chi connectivity index (χ1n) is 7.44. The van der Waals surface area contributed by atoms with Crippen LogP contribution in [0.3, 0.4) is 0 Å². The van der Waals surface area contributed by atoms with Crippen LogP contribution in [0.15, 0.2) is 46.9 Å². The highest BCUT2D eigenvalue weighted by Crippen LogP contribution is 2.47. The van der Waals surface area contributed by atoms with Gasteiger partial charge in [-0.15, -0.1) is 0 Å². The number of rotatable bonds is 2. The monoisotopic (exact) mass is 364 g/mol. The van der Waals surface area contributed by atoms with E-state index in [0.29, 0.717) is 22.9 Å². The van der Waals surface area contributed by atoms with E-state index in [1.165, 1.54) is 18.2 Å². The Labute approximate surface area is 148 Å². The minimum atomic E-state index is -1.27. The van der Waals surface area contributed by atoms with E-state index >= 15 is 0 Å². The fraction of sp³-hybridized carbons (Fsp3) is 0.235. The second-order valence-corrected chi connectivity index (χ2v) is 6.93. The molecular formula is C17H14ClFN2O2S. The second kappa shape index (κ2) is 6.04. The molecule has 2 aromatic rings. The van der Waals surface area contributed by atoms with Gasteiger partial charge in [0.05, 0.1) is 17.7 Å². The SMILES string of the molecule is CC1(c2ccc(Cl)cc2F)Oc2ccccc2C(N2CC=NS2)O1. The van der Waals surface area contributed by atoms with Crippen molar-refractivity contribution in [1.82, 2.24) is 4.31 Å². The molecule has 4 nitrogen and oxygen atoms in total. The molecular weight excluding hydrogens is 351 g/mol. The molecule has 0 fully saturated rings. The van der Waals surface area contributed by atoms with E-state index in [0.717, 1.165) is 5.56 Å². The van der Waals surface area contributed by atoms with Crippen molar-refractivity contribution in [3.8, 4) is 5.75 Å². The van der Waals surface area contributed by atoms with Crippen LogP contribution in [0.25, 0.3) is 0 Å². The van der Waals surface area contributed by atoms with Crippen LogP contribution in [0, 0.1) is 5.82 Å². The van der Waals surface area contributed by atoms with Crippen molar-refractivity contribution in [3.63, 3.8) is 0 Å². The summed E-state index contributed by atoms with van der Waals surface area (Å²) in [5, 5.41) is 0.330. The van der Waals surface area contributed by atoms with Crippen LogP contribution in [0.4, 0.5) is 4.39 Å². The summed E-state index contributed by atoms with van der Waals surface area (Å²) in [7, 11) is 0. The number of hydrogen-bond acceptors (Lipinski definition) is 5. The van der Waals surface area contributed by atoms with Crippen LogP contribution in [-0.2, 0) is 10.5 Å². The number of para-hydroxylation sites is 1. The van der Waals surface area contributed by atoms with Crippen molar-refractivity contribution in [3.05, 3.63) is 64.4 Å². The molecule has 2 aliphatic heterocycles. The van der Waals surface area contributed by atoms with Crippen LogP contribution >= 0.6 is 23.7 Å². The molecule has 124 valence electrons. The van der Waals surface area contributed by atoms with Gasteiger partial charge in [-0.2, -0.15) is 4.31 Å². The van der Waals surface area contributed by atoms with Crippen LogP contribution in [-0.4, -0.2) is 17.1 Å². The molecule has 2 heterocycles. The molecule has 0 saturated heterocycles. The zero-order valence-electron chi connectivity index (χ0n) is 12.8. The molecule has 4 rings (SSSR count). The summed E-state index contributed by atoms with van der Waals surface area (Å²) in [6.45, 7) is 2.35. The Hall–Kier alpha value is -1.60. The summed E-state index contributed by atoms with van der Waals surface area (Å²) in [4.78, 5) is 0. The van der Waals surface area contributed by atoms with Crippen LogP contribution in [0.2, 0.25) is 5.02 Å². The molecule has 0 radical (unpaired) electrons. The number of nitrogens with zero attached hydrogens (tertiary/aromatic N) is 2. The zero-order chi connectivity index (χ0) is 16.7. The molecule has 0 N–H and O–H groups in total. The minimum absolute atomic E-state index is 0.302. The predicted molar refractivity (Wildman–Crippen MR) is 92.4 cm³/mol. The third-order valence-electron chi connectivity index (χ3n) is 4.00. The Morgan fingerprint density at radius 2 is 2.17 bits per heavy atom. The molecule has 2 unspecified atom stereocenters. The Kier molecular flexibility index (Phi) is 4.00. The summed E-state index contributed by atoms with van der Waals surface area (Å²) in [5.74, 6) is -1.07. The van der Waals surface area contributed by atoms with Gasteiger partial charge in [0.1, 0.15) is 11.6 Å². The molecule has 0 spiro atoms. The smallest absolute Gasteiger partial charge is 0.239 e. The normalized spacial score (nSPS) is 26.2. The first kappa shape index (κ1) is 15.9. The minimum Gasteiger partial charge on any atom is -0.458 e. The average Bonchev–Trinajstić information content (AvgIpc) is 3.08. The van der Waals surface area contributed by atoms with Crippen LogP contribution in [0.5, 0.6) is 5.75 Å². The molecule has 2 atom stereocenters. The number of benzene rings is 2. The molecule has 0 aromatic heterocycles. The van der Waals surface area contributed by atoms with Crippen molar-refractivity contribution < 1.29 is 13.9 Å². The van der Waals surface area contributed by atoms with Crippen LogP contribution < -0.4 is 4.74 Å². The largest absolute Gasteiger partial charge is 0.458 e. The number of hydrogen-bond donors (Lipinski definition) is 0. The Bertz CT molecular complexity index is 811. The lowest BCUT2D eigenvalue weighted by Crippen LogP contribution is -2.42. The predicted octanol–water partition coefficient (Wildman–Crippen LogP) is 4.71. The number of fused-ring (bicyclic) bond motifs is 1. The van der Waals surface area contributed by atoms with E-state index in [-0.39, 0.29) is 0 Å². The van der Waals surface area contributed by atoms with Crippen molar-refractivity contribution in [2.75, 3.05) is 6.54 Å². The van der Waals surface area contributed by atoms with Gasteiger partial charge in [-0.05, 0) is 24.3 Å². The van der Waals surface area contributed by atoms with E-state index in [9.17, 15) is 4.39 Å². The van der Waals surface area contributed by atoms with Crippen molar-refractivity contribution in [1.29, 1.82) is 0 Å². The fourth-order valence-electron chi connectivity index (χ4n) is 2.86. The highest BCUT2D eigenvalue weighted by atomic mass is 35.5. The van der Waals surface area contributed by atoms with E-state index in [2.05, 4.69) is 4.40 Å². The summed E-state index contributed by atoms with van der Waals surface area (Å²) >= 11 is 7.19. The quantitative estimate of drug-likeness (QED) is 0.723. The van der Waals surface area contributed by atoms with E-state index < -0.39 is 17.8 Å². The summed E-state index contributed by atoms with van der Waals surface area (Å²) in [5.41, 5.74) is 1.19. The third kappa shape index (κ3) is 2.69. The van der Waals surface area contributed by atoms with E-state index in [4.69, 9.17) is 21.1 Å². The molecule has 0 saturated carbocycles. The van der Waals surface area contributed by atoms with Crippen molar-refractivity contribution >= 4 is 29.9 Å². The molecule has 0 amide bonds. The number of halogens is 2. The van der Waals surface area contributed by atoms with Gasteiger partial charge >= 0.3 is 0 Å². The standard InChI is InChI=1S/C17H14ClFN2O2S/c1-17(13-7-6-11(18)10-14(13)19)22-15-5-3-2-4-12(15)16(23-17)21-9-8-20-24-21/h2-8,10,16H,9H2,1H3. The van der Waals surface area contributed by atoms with Gasteiger partial charge in [-0.25, -0.2) is 8.79 Å². The van der Waals surface area contributed by atoms with Gasteiger partial charge in [-0.3, -0.25) is 0 Å². The maximum absolute atomic E-state index is 14.5. The van der Waals surface area contributed by atoms with Gasteiger partial charge in [0.15, 0.2) is 6.23 Å². The molecule has 24 heavy (non-hydrogen) atoms. The van der Waals surface area contributed by atoms with E-state index in [1.54, 1.807) is 19.1 Å². The van der Waals surface area contributed by atoms with Gasteiger partial charge in [-0.1, -0.05) is 29.8 Å². The Balaban J connectivity index is 1.78. The Morgan fingerprint density at radius 1 is 1.33 bits per heavy atom. The van der Waals surface area contributed by atoms with Crippen molar-refractivity contribution in [2.24, 2.45) is 4.40 Å². The number of ether oxygens (including phenoxy) is 2.